The molecule has 1 aromatic rings. The zero-order valence-corrected chi connectivity index (χ0v) is 8.95. The van der Waals surface area contributed by atoms with Gasteiger partial charge >= 0.3 is 0 Å². The summed E-state index contributed by atoms with van der Waals surface area (Å²) in [4.78, 5) is 2.57. The van der Waals surface area contributed by atoms with Crippen LogP contribution < -0.4 is 0 Å². The van der Waals surface area contributed by atoms with Gasteiger partial charge in [0, 0.05) is 19.8 Å². The Morgan fingerprint density at radius 3 is 2.71 bits per heavy atom. The van der Waals surface area contributed by atoms with Crippen LogP contribution in [0.25, 0.3) is 0 Å². The van der Waals surface area contributed by atoms with Crippen molar-refractivity contribution in [3.63, 3.8) is 0 Å². The van der Waals surface area contributed by atoms with Crippen molar-refractivity contribution in [3.8, 4) is 0 Å². The molecule has 0 atom stereocenters. The lowest BCUT2D eigenvalue weighted by Crippen LogP contribution is -2.31. The van der Waals surface area contributed by atoms with Crippen molar-refractivity contribution in [1.82, 2.24) is 14.7 Å². The van der Waals surface area contributed by atoms with Gasteiger partial charge in [-0.15, -0.1) is 0 Å². The molecule has 0 saturated carbocycles. The number of aromatic nitrogens is 2. The predicted molar refractivity (Wildman–Crippen MR) is 57.2 cm³/mol. The Morgan fingerprint density at radius 1 is 1.29 bits per heavy atom. The third kappa shape index (κ3) is 2.58. The van der Waals surface area contributed by atoms with Crippen LogP contribution in [0.15, 0.2) is 12.4 Å². The molecule has 0 amide bonds. The number of piperidine rings is 1. The quantitative estimate of drug-likeness (QED) is 0.724. The van der Waals surface area contributed by atoms with Gasteiger partial charge in [-0.25, -0.2) is 0 Å². The highest BCUT2D eigenvalue weighted by molar-refractivity contribution is 5.03. The molecule has 0 spiro atoms. The van der Waals surface area contributed by atoms with Crippen LogP contribution in [0.5, 0.6) is 0 Å². The van der Waals surface area contributed by atoms with Crippen LogP contribution in [0.1, 0.15) is 24.8 Å². The average Bonchev–Trinajstić information content (AvgIpc) is 2.63. The maximum Gasteiger partial charge on any atom is 0.0522 e. The molecule has 2 heterocycles. The number of likely N-dealkylation sites (tertiary alicyclic amines) is 1. The van der Waals surface area contributed by atoms with E-state index in [1.807, 2.05) is 17.9 Å². The van der Waals surface area contributed by atoms with E-state index in [0.717, 1.165) is 6.42 Å². The topological polar surface area (TPSA) is 21.1 Å². The van der Waals surface area contributed by atoms with E-state index < -0.39 is 0 Å². The second-order valence-corrected chi connectivity index (χ2v) is 4.17. The molecule has 1 aliphatic heterocycles. The van der Waals surface area contributed by atoms with Crippen LogP contribution in [0, 0.1) is 0 Å². The Morgan fingerprint density at radius 2 is 2.07 bits per heavy atom. The van der Waals surface area contributed by atoms with Crippen LogP contribution in [-0.2, 0) is 13.5 Å². The number of nitrogens with zero attached hydrogens (tertiary/aromatic N) is 3. The molecule has 1 saturated heterocycles. The summed E-state index contributed by atoms with van der Waals surface area (Å²) < 4.78 is 1.88. The highest BCUT2D eigenvalue weighted by Crippen LogP contribution is 2.09. The fourth-order valence-corrected chi connectivity index (χ4v) is 2.07. The Kier molecular flexibility index (Phi) is 3.19. The highest BCUT2D eigenvalue weighted by Gasteiger charge is 2.09. The first-order valence-corrected chi connectivity index (χ1v) is 5.54. The van der Waals surface area contributed by atoms with Crippen molar-refractivity contribution in [1.29, 1.82) is 0 Å². The van der Waals surface area contributed by atoms with Crippen LogP contribution in [0.3, 0.4) is 0 Å². The first kappa shape index (κ1) is 9.71. The molecule has 3 nitrogen and oxygen atoms in total. The minimum atomic E-state index is 1.15. The zero-order valence-electron chi connectivity index (χ0n) is 8.95. The lowest BCUT2D eigenvalue weighted by atomic mass is 10.1. The summed E-state index contributed by atoms with van der Waals surface area (Å²) >= 11 is 0. The summed E-state index contributed by atoms with van der Waals surface area (Å²) in [6.45, 7) is 3.78. The lowest BCUT2D eigenvalue weighted by Gasteiger charge is -2.25. The van der Waals surface area contributed by atoms with Crippen LogP contribution >= 0.6 is 0 Å². The normalized spacial score (nSPS) is 18.6. The molecule has 0 aliphatic carbocycles. The van der Waals surface area contributed by atoms with Gasteiger partial charge in [-0.2, -0.15) is 5.10 Å². The van der Waals surface area contributed by atoms with Gasteiger partial charge in [0.25, 0.3) is 0 Å². The summed E-state index contributed by atoms with van der Waals surface area (Å²) in [6, 6.07) is 0. The van der Waals surface area contributed by atoms with E-state index in [0.29, 0.717) is 0 Å². The van der Waals surface area contributed by atoms with Crippen molar-refractivity contribution < 1.29 is 0 Å². The first-order chi connectivity index (χ1) is 6.84. The first-order valence-electron chi connectivity index (χ1n) is 5.54. The monoisotopic (exact) mass is 193 g/mol. The largest absolute Gasteiger partial charge is 0.303 e. The molecule has 1 fully saturated rings. The molecular formula is C11H19N3. The zero-order chi connectivity index (χ0) is 9.80. The minimum Gasteiger partial charge on any atom is -0.303 e. The molecule has 3 heteroatoms. The highest BCUT2D eigenvalue weighted by atomic mass is 15.2. The van der Waals surface area contributed by atoms with Gasteiger partial charge in [0.1, 0.15) is 0 Å². The van der Waals surface area contributed by atoms with Gasteiger partial charge in [0.15, 0.2) is 0 Å². The van der Waals surface area contributed by atoms with E-state index in [2.05, 4.69) is 16.2 Å². The van der Waals surface area contributed by atoms with E-state index >= 15 is 0 Å². The Hall–Kier alpha value is -0.830. The van der Waals surface area contributed by atoms with Gasteiger partial charge in [-0.3, -0.25) is 4.68 Å². The summed E-state index contributed by atoms with van der Waals surface area (Å²) in [7, 11) is 1.98. The lowest BCUT2D eigenvalue weighted by molar-refractivity contribution is 0.231. The summed E-state index contributed by atoms with van der Waals surface area (Å²) in [5.41, 5.74) is 1.36. The van der Waals surface area contributed by atoms with Crippen molar-refractivity contribution in [2.75, 3.05) is 19.6 Å². The van der Waals surface area contributed by atoms with E-state index in [-0.39, 0.29) is 0 Å². The van der Waals surface area contributed by atoms with Crippen molar-refractivity contribution >= 4 is 0 Å². The van der Waals surface area contributed by atoms with Gasteiger partial charge in [-0.05, 0) is 37.9 Å². The molecule has 14 heavy (non-hydrogen) atoms. The molecule has 78 valence electrons. The SMILES string of the molecule is Cn1cc(CCN2CCCCC2)cn1. The standard InChI is InChI=1S/C11H19N3/c1-13-10-11(9-12-13)5-8-14-6-3-2-4-7-14/h9-10H,2-8H2,1H3. The summed E-state index contributed by atoms with van der Waals surface area (Å²) in [5, 5.41) is 4.18. The maximum atomic E-state index is 4.18. The molecule has 1 aliphatic rings. The number of hydrogen-bond acceptors (Lipinski definition) is 2. The number of aryl methyl sites for hydroxylation is 1. The van der Waals surface area contributed by atoms with Crippen LogP contribution in [-0.4, -0.2) is 34.3 Å². The van der Waals surface area contributed by atoms with Crippen molar-refractivity contribution in [2.45, 2.75) is 25.7 Å². The molecule has 2 rings (SSSR count). The van der Waals surface area contributed by atoms with Gasteiger partial charge in [0.05, 0.1) is 6.20 Å². The van der Waals surface area contributed by atoms with E-state index in [1.165, 1.54) is 44.5 Å². The maximum absolute atomic E-state index is 4.18. The van der Waals surface area contributed by atoms with Gasteiger partial charge in [-0.1, -0.05) is 6.42 Å². The summed E-state index contributed by atoms with van der Waals surface area (Å²) in [5.74, 6) is 0. The fourth-order valence-electron chi connectivity index (χ4n) is 2.07. The van der Waals surface area contributed by atoms with Crippen LogP contribution in [0.4, 0.5) is 0 Å². The number of rotatable bonds is 3. The molecule has 0 unspecified atom stereocenters. The number of hydrogen-bond donors (Lipinski definition) is 0. The molecule has 0 aromatic carbocycles. The van der Waals surface area contributed by atoms with E-state index in [1.54, 1.807) is 0 Å². The average molecular weight is 193 g/mol. The Bertz CT molecular complexity index is 274. The molecule has 1 aromatic heterocycles. The molecule has 0 radical (unpaired) electrons. The minimum absolute atomic E-state index is 1.15. The van der Waals surface area contributed by atoms with E-state index in [9.17, 15) is 0 Å². The van der Waals surface area contributed by atoms with Gasteiger partial charge < -0.3 is 4.90 Å². The van der Waals surface area contributed by atoms with Crippen molar-refractivity contribution in [2.24, 2.45) is 7.05 Å². The van der Waals surface area contributed by atoms with Crippen LogP contribution in [0.2, 0.25) is 0 Å². The third-order valence-corrected chi connectivity index (χ3v) is 2.92. The third-order valence-electron chi connectivity index (χ3n) is 2.92. The second kappa shape index (κ2) is 4.60. The second-order valence-electron chi connectivity index (χ2n) is 4.17. The van der Waals surface area contributed by atoms with Gasteiger partial charge in [0.2, 0.25) is 0 Å². The Labute approximate surface area is 85.7 Å². The fraction of sp³-hybridized carbons (Fsp3) is 0.727. The van der Waals surface area contributed by atoms with Crippen molar-refractivity contribution in [3.05, 3.63) is 18.0 Å². The molecular weight excluding hydrogens is 174 g/mol. The van der Waals surface area contributed by atoms with E-state index in [4.69, 9.17) is 0 Å². The summed E-state index contributed by atoms with van der Waals surface area (Å²) in [6.07, 6.45) is 9.42. The molecule has 0 bridgehead atoms. The molecule has 0 N–H and O–H groups in total. The predicted octanol–water partition coefficient (Wildman–Crippen LogP) is 1.45. The Balaban J connectivity index is 1.76. The smallest absolute Gasteiger partial charge is 0.0522 e.